The monoisotopic (exact) mass is 376 g/mol. The first-order chi connectivity index (χ1) is 13.1. The first-order valence-electron chi connectivity index (χ1n) is 9.21. The second kappa shape index (κ2) is 7.62. The number of hydrogen-bond donors (Lipinski definition) is 1. The van der Waals surface area contributed by atoms with E-state index in [4.69, 9.17) is 4.98 Å². The van der Waals surface area contributed by atoms with E-state index in [0.29, 0.717) is 0 Å². The molecule has 1 N–H and O–H groups in total. The molecule has 0 aliphatic rings. The van der Waals surface area contributed by atoms with Crippen molar-refractivity contribution in [1.29, 1.82) is 0 Å². The van der Waals surface area contributed by atoms with Crippen molar-refractivity contribution in [3.63, 3.8) is 0 Å². The zero-order valence-corrected chi connectivity index (χ0v) is 16.8. The lowest BCUT2D eigenvalue weighted by atomic mass is 10.0. The Balaban J connectivity index is 1.60. The van der Waals surface area contributed by atoms with Gasteiger partial charge in [0.05, 0.1) is 23.1 Å². The van der Waals surface area contributed by atoms with Gasteiger partial charge in [-0.05, 0) is 78.9 Å². The van der Waals surface area contributed by atoms with E-state index < -0.39 is 0 Å². The Morgan fingerprint density at radius 2 is 2.00 bits per heavy atom. The van der Waals surface area contributed by atoms with Gasteiger partial charge in [-0.1, -0.05) is 6.07 Å². The Kier molecular flexibility index (Phi) is 5.05. The van der Waals surface area contributed by atoms with Crippen molar-refractivity contribution in [1.82, 2.24) is 19.7 Å². The molecule has 0 bridgehead atoms. The van der Waals surface area contributed by atoms with Crippen LogP contribution in [0.2, 0.25) is 0 Å². The Morgan fingerprint density at radius 3 is 2.74 bits per heavy atom. The average Bonchev–Trinajstić information content (AvgIpc) is 3.26. The maximum Gasteiger partial charge on any atom is 0.137 e. The van der Waals surface area contributed by atoms with E-state index in [-0.39, 0.29) is 6.04 Å². The number of thiophene rings is 1. The fourth-order valence-electron chi connectivity index (χ4n) is 3.36. The zero-order chi connectivity index (χ0) is 18.8. The van der Waals surface area contributed by atoms with Crippen molar-refractivity contribution in [2.24, 2.45) is 0 Å². The number of aryl methyl sites for hydroxylation is 3. The van der Waals surface area contributed by atoms with Crippen LogP contribution in [-0.2, 0) is 13.0 Å². The highest BCUT2D eigenvalue weighted by Gasteiger charge is 2.16. The highest BCUT2D eigenvalue weighted by Crippen LogP contribution is 2.21. The van der Waals surface area contributed by atoms with Crippen molar-refractivity contribution in [2.45, 2.75) is 39.8 Å². The molecular formula is C22H24N4S. The minimum absolute atomic E-state index is 0.163. The Hall–Kier alpha value is -2.50. The normalized spacial score (nSPS) is 12.6. The van der Waals surface area contributed by atoms with Gasteiger partial charge in [-0.2, -0.15) is 11.3 Å². The van der Waals surface area contributed by atoms with Gasteiger partial charge in [-0.15, -0.1) is 0 Å². The van der Waals surface area contributed by atoms with Crippen LogP contribution in [0.15, 0.2) is 53.5 Å². The highest BCUT2D eigenvalue weighted by atomic mass is 32.1. The summed E-state index contributed by atoms with van der Waals surface area (Å²) in [5.41, 5.74) is 8.10. The van der Waals surface area contributed by atoms with E-state index >= 15 is 0 Å². The quantitative estimate of drug-likeness (QED) is 0.526. The molecule has 5 heteroatoms. The number of aromatic nitrogens is 3. The van der Waals surface area contributed by atoms with E-state index in [1.54, 1.807) is 11.3 Å². The third-order valence-corrected chi connectivity index (χ3v) is 5.64. The molecule has 0 aromatic carbocycles. The summed E-state index contributed by atoms with van der Waals surface area (Å²) in [5.74, 6) is 0. The minimum Gasteiger partial charge on any atom is -0.303 e. The molecule has 0 aliphatic carbocycles. The first kappa shape index (κ1) is 17.9. The molecule has 1 unspecified atom stereocenters. The molecule has 4 heterocycles. The molecule has 0 aliphatic heterocycles. The van der Waals surface area contributed by atoms with Crippen LogP contribution in [0.3, 0.4) is 0 Å². The zero-order valence-electron chi connectivity index (χ0n) is 15.9. The Morgan fingerprint density at radius 1 is 1.11 bits per heavy atom. The summed E-state index contributed by atoms with van der Waals surface area (Å²) in [6.45, 7) is 7.00. The molecule has 0 radical (unpaired) electrons. The van der Waals surface area contributed by atoms with E-state index in [1.165, 1.54) is 22.4 Å². The third kappa shape index (κ3) is 3.94. The van der Waals surface area contributed by atoms with Gasteiger partial charge >= 0.3 is 0 Å². The summed E-state index contributed by atoms with van der Waals surface area (Å²) < 4.78 is 2.18. The van der Waals surface area contributed by atoms with Gasteiger partial charge in [0, 0.05) is 18.9 Å². The van der Waals surface area contributed by atoms with Crippen LogP contribution in [0.25, 0.3) is 5.65 Å². The lowest BCUT2D eigenvalue weighted by Crippen LogP contribution is -2.24. The summed E-state index contributed by atoms with van der Waals surface area (Å²) in [5, 5.41) is 8.07. The first-order valence-corrected chi connectivity index (χ1v) is 10.2. The van der Waals surface area contributed by atoms with Gasteiger partial charge in [0.25, 0.3) is 0 Å². The number of fused-ring (bicyclic) bond motifs is 1. The van der Waals surface area contributed by atoms with Crippen LogP contribution in [0.1, 0.15) is 39.8 Å². The summed E-state index contributed by atoms with van der Waals surface area (Å²) >= 11 is 1.74. The number of hydrogen-bond acceptors (Lipinski definition) is 4. The number of imidazole rings is 1. The maximum atomic E-state index is 4.72. The molecule has 4 aromatic rings. The lowest BCUT2D eigenvalue weighted by molar-refractivity contribution is 0.511. The van der Waals surface area contributed by atoms with Gasteiger partial charge in [-0.3, -0.25) is 4.98 Å². The molecule has 4 rings (SSSR count). The van der Waals surface area contributed by atoms with E-state index in [0.717, 1.165) is 30.0 Å². The molecule has 0 spiro atoms. The van der Waals surface area contributed by atoms with Crippen molar-refractivity contribution >= 4 is 17.0 Å². The van der Waals surface area contributed by atoms with Gasteiger partial charge in [0.1, 0.15) is 5.65 Å². The number of pyridine rings is 2. The predicted octanol–water partition coefficient (Wildman–Crippen LogP) is 4.79. The highest BCUT2D eigenvalue weighted by molar-refractivity contribution is 7.07. The molecule has 27 heavy (non-hydrogen) atoms. The molecule has 0 amide bonds. The van der Waals surface area contributed by atoms with Crippen LogP contribution in [-0.4, -0.2) is 14.4 Å². The number of rotatable bonds is 6. The van der Waals surface area contributed by atoms with Crippen LogP contribution in [0, 0.1) is 20.8 Å². The maximum absolute atomic E-state index is 4.72. The molecular weight excluding hydrogens is 352 g/mol. The summed E-state index contributed by atoms with van der Waals surface area (Å²) in [6.07, 6.45) is 4.98. The minimum atomic E-state index is 0.163. The summed E-state index contributed by atoms with van der Waals surface area (Å²) in [6, 6.07) is 10.9. The van der Waals surface area contributed by atoms with Gasteiger partial charge < -0.3 is 9.72 Å². The SMILES string of the molecule is Cc1ccc(C(Cc2ccsc2)NCc2c(C)nc3cc(C)ccn23)nc1. The second-order valence-corrected chi connectivity index (χ2v) is 7.89. The van der Waals surface area contributed by atoms with Crippen LogP contribution in [0.4, 0.5) is 0 Å². The largest absolute Gasteiger partial charge is 0.303 e. The molecule has 0 saturated carbocycles. The predicted molar refractivity (Wildman–Crippen MR) is 111 cm³/mol. The lowest BCUT2D eigenvalue weighted by Gasteiger charge is -2.18. The van der Waals surface area contributed by atoms with E-state index in [2.05, 4.69) is 82.8 Å². The van der Waals surface area contributed by atoms with Crippen molar-refractivity contribution in [2.75, 3.05) is 0 Å². The third-order valence-electron chi connectivity index (χ3n) is 4.91. The molecule has 4 nitrogen and oxygen atoms in total. The van der Waals surface area contributed by atoms with Crippen LogP contribution < -0.4 is 5.32 Å². The Labute approximate surface area is 163 Å². The summed E-state index contributed by atoms with van der Waals surface area (Å²) in [7, 11) is 0. The van der Waals surface area contributed by atoms with Crippen molar-refractivity contribution in [3.05, 3.63) is 87.3 Å². The van der Waals surface area contributed by atoms with E-state index in [9.17, 15) is 0 Å². The Bertz CT molecular complexity index is 1030. The fourth-order valence-corrected chi connectivity index (χ4v) is 4.04. The van der Waals surface area contributed by atoms with Gasteiger partial charge in [0.2, 0.25) is 0 Å². The van der Waals surface area contributed by atoms with Gasteiger partial charge in [-0.25, -0.2) is 4.98 Å². The van der Waals surface area contributed by atoms with E-state index in [1.807, 2.05) is 6.20 Å². The van der Waals surface area contributed by atoms with Crippen molar-refractivity contribution in [3.8, 4) is 0 Å². The topological polar surface area (TPSA) is 42.2 Å². The van der Waals surface area contributed by atoms with Crippen LogP contribution >= 0.6 is 11.3 Å². The average molecular weight is 377 g/mol. The standard InChI is InChI=1S/C22H24N4S/c1-15-6-8-26-21(17(3)25-22(26)10-15)13-24-20(11-18-7-9-27-14-18)19-5-4-16(2)12-23-19/h4-10,12,14,20,24H,11,13H2,1-3H3. The fraction of sp³-hybridized carbons (Fsp3) is 0.273. The molecule has 1 atom stereocenters. The van der Waals surface area contributed by atoms with Gasteiger partial charge in [0.15, 0.2) is 0 Å². The van der Waals surface area contributed by atoms with Crippen molar-refractivity contribution < 1.29 is 0 Å². The smallest absolute Gasteiger partial charge is 0.137 e. The number of nitrogens with one attached hydrogen (secondary N) is 1. The second-order valence-electron chi connectivity index (χ2n) is 7.11. The number of nitrogens with zero attached hydrogens (tertiary/aromatic N) is 3. The summed E-state index contributed by atoms with van der Waals surface area (Å²) in [4.78, 5) is 9.39. The molecule has 0 fully saturated rings. The van der Waals surface area contributed by atoms with Crippen LogP contribution in [0.5, 0.6) is 0 Å². The molecule has 0 saturated heterocycles. The molecule has 138 valence electrons. The molecule has 4 aromatic heterocycles.